The highest BCUT2D eigenvalue weighted by atomic mass is 32.2. The summed E-state index contributed by atoms with van der Waals surface area (Å²) >= 11 is 1.61. The minimum Gasteiger partial charge on any atom is -0.399 e. The first-order valence-corrected chi connectivity index (χ1v) is 9.39. The number of benzene rings is 1. The van der Waals surface area contributed by atoms with Crippen LogP contribution in [0.2, 0.25) is 0 Å². The van der Waals surface area contributed by atoms with Crippen LogP contribution in [0.15, 0.2) is 52.8 Å². The molecule has 0 spiro atoms. The van der Waals surface area contributed by atoms with E-state index in [2.05, 4.69) is 21.0 Å². The topological polar surface area (TPSA) is 102 Å². The number of thioether (sulfide) groups is 1. The lowest BCUT2D eigenvalue weighted by molar-refractivity contribution is 0.183. The van der Waals surface area contributed by atoms with Gasteiger partial charge >= 0.3 is 0 Å². The maximum atomic E-state index is 5.85. The van der Waals surface area contributed by atoms with Gasteiger partial charge in [0.05, 0.1) is 29.9 Å². The summed E-state index contributed by atoms with van der Waals surface area (Å²) in [6, 6.07) is 7.60. The van der Waals surface area contributed by atoms with Gasteiger partial charge in [-0.15, -0.1) is 11.8 Å². The summed E-state index contributed by atoms with van der Waals surface area (Å²) in [6.07, 6.45) is 7.35. The fourth-order valence-corrected chi connectivity index (χ4v) is 2.92. The number of aromatic nitrogens is 2. The standard InChI is InChI=1S/C17H23N7OS/c1-25-7-6-24-11-14(9-20-24)22-17-19-10-15(26-2)16(23-17)21-13-5-3-4-12(18)8-13/h3-5,8-11,17,19,22H,6-7,18H2,1-2H3,(H,21,23). The summed E-state index contributed by atoms with van der Waals surface area (Å²) in [5.41, 5.74) is 8.34. The van der Waals surface area contributed by atoms with Gasteiger partial charge in [0.15, 0.2) is 6.29 Å². The second kappa shape index (κ2) is 8.63. The fourth-order valence-electron chi connectivity index (χ4n) is 2.43. The molecule has 1 aliphatic rings. The zero-order valence-electron chi connectivity index (χ0n) is 14.8. The van der Waals surface area contributed by atoms with Crippen molar-refractivity contribution in [1.82, 2.24) is 15.1 Å². The van der Waals surface area contributed by atoms with Crippen molar-refractivity contribution in [2.24, 2.45) is 4.99 Å². The highest BCUT2D eigenvalue weighted by Crippen LogP contribution is 2.21. The Balaban J connectivity index is 1.69. The molecular formula is C17H23N7OS. The summed E-state index contributed by atoms with van der Waals surface area (Å²) < 4.78 is 6.89. The largest absolute Gasteiger partial charge is 0.399 e. The number of hydrogen-bond acceptors (Lipinski definition) is 8. The van der Waals surface area contributed by atoms with E-state index in [1.807, 2.05) is 47.6 Å². The van der Waals surface area contributed by atoms with Crippen LogP contribution in [0.5, 0.6) is 0 Å². The molecule has 5 N–H and O–H groups in total. The van der Waals surface area contributed by atoms with E-state index in [4.69, 9.17) is 15.5 Å². The normalized spacial score (nSPS) is 16.5. The predicted molar refractivity (Wildman–Crippen MR) is 108 cm³/mol. The lowest BCUT2D eigenvalue weighted by Crippen LogP contribution is -2.37. The van der Waals surface area contributed by atoms with E-state index in [0.29, 0.717) is 18.8 Å². The predicted octanol–water partition coefficient (Wildman–Crippen LogP) is 2.13. The Morgan fingerprint density at radius 2 is 2.27 bits per heavy atom. The van der Waals surface area contributed by atoms with Gasteiger partial charge in [-0.05, 0) is 24.5 Å². The van der Waals surface area contributed by atoms with Crippen LogP contribution in [-0.4, -0.2) is 41.9 Å². The smallest absolute Gasteiger partial charge is 0.196 e. The van der Waals surface area contributed by atoms with E-state index < -0.39 is 0 Å². The molecule has 1 aliphatic heterocycles. The number of rotatable bonds is 7. The molecule has 0 amide bonds. The Morgan fingerprint density at radius 3 is 3.04 bits per heavy atom. The Labute approximate surface area is 156 Å². The fraction of sp³-hybridized carbons (Fsp3) is 0.294. The number of methoxy groups -OCH3 is 1. The molecule has 2 aromatic rings. The van der Waals surface area contributed by atoms with Crippen LogP contribution >= 0.6 is 11.8 Å². The summed E-state index contributed by atoms with van der Waals surface area (Å²) in [4.78, 5) is 5.73. The second-order valence-electron chi connectivity index (χ2n) is 5.64. The minimum absolute atomic E-state index is 0.297. The molecule has 0 saturated heterocycles. The average Bonchev–Trinajstić information content (AvgIpc) is 3.07. The van der Waals surface area contributed by atoms with Crippen LogP contribution < -0.4 is 21.7 Å². The molecule has 3 rings (SSSR count). The minimum atomic E-state index is -0.297. The summed E-state index contributed by atoms with van der Waals surface area (Å²) in [6.45, 7) is 1.33. The summed E-state index contributed by atoms with van der Waals surface area (Å²) in [5.74, 6) is 0.783. The Morgan fingerprint density at radius 1 is 1.38 bits per heavy atom. The van der Waals surface area contributed by atoms with E-state index in [1.165, 1.54) is 0 Å². The lowest BCUT2D eigenvalue weighted by atomic mass is 10.3. The van der Waals surface area contributed by atoms with Gasteiger partial charge in [-0.1, -0.05) is 6.07 Å². The number of ether oxygens (including phenoxy) is 1. The van der Waals surface area contributed by atoms with Gasteiger partial charge in [0.2, 0.25) is 0 Å². The van der Waals surface area contributed by atoms with Gasteiger partial charge in [-0.2, -0.15) is 5.10 Å². The van der Waals surface area contributed by atoms with Crippen molar-refractivity contribution in [3.05, 3.63) is 47.8 Å². The molecule has 0 saturated carbocycles. The lowest BCUT2D eigenvalue weighted by Gasteiger charge is -2.23. The van der Waals surface area contributed by atoms with Gasteiger partial charge in [0, 0.05) is 30.9 Å². The molecule has 9 heteroatoms. The second-order valence-corrected chi connectivity index (χ2v) is 6.49. The van der Waals surface area contributed by atoms with Crippen LogP contribution in [-0.2, 0) is 11.3 Å². The highest BCUT2D eigenvalue weighted by molar-refractivity contribution is 8.03. The first-order valence-electron chi connectivity index (χ1n) is 8.17. The molecule has 1 unspecified atom stereocenters. The quantitative estimate of drug-likeness (QED) is 0.552. The molecule has 0 bridgehead atoms. The number of nitrogens with one attached hydrogen (secondary N) is 3. The van der Waals surface area contributed by atoms with Gasteiger partial charge in [-0.3, -0.25) is 4.68 Å². The van der Waals surface area contributed by atoms with Crippen LogP contribution in [0.4, 0.5) is 17.1 Å². The van der Waals surface area contributed by atoms with E-state index in [-0.39, 0.29) is 6.29 Å². The zero-order chi connectivity index (χ0) is 18.4. The molecule has 0 aliphatic carbocycles. The van der Waals surface area contributed by atoms with Crippen molar-refractivity contribution in [3.63, 3.8) is 0 Å². The van der Waals surface area contributed by atoms with E-state index in [0.717, 1.165) is 22.1 Å². The molecule has 8 nitrogen and oxygen atoms in total. The van der Waals surface area contributed by atoms with Crippen LogP contribution in [0.25, 0.3) is 0 Å². The van der Waals surface area contributed by atoms with Crippen LogP contribution in [0, 0.1) is 0 Å². The molecule has 2 heterocycles. The van der Waals surface area contributed by atoms with E-state index in [1.54, 1.807) is 25.1 Å². The van der Waals surface area contributed by atoms with Gasteiger partial charge in [0.1, 0.15) is 5.84 Å². The number of nitrogens with zero attached hydrogens (tertiary/aromatic N) is 3. The van der Waals surface area contributed by atoms with Gasteiger partial charge < -0.3 is 26.4 Å². The van der Waals surface area contributed by atoms with Crippen molar-refractivity contribution in [3.8, 4) is 0 Å². The molecule has 1 aromatic heterocycles. The number of nitrogens with two attached hydrogens (primary N) is 1. The first kappa shape index (κ1) is 18.2. The number of nitrogen functional groups attached to an aromatic ring is 1. The Hall–Kier alpha value is -2.65. The maximum absolute atomic E-state index is 5.85. The maximum Gasteiger partial charge on any atom is 0.196 e. The zero-order valence-corrected chi connectivity index (χ0v) is 15.6. The number of hydrogen-bond donors (Lipinski definition) is 4. The molecule has 26 heavy (non-hydrogen) atoms. The molecule has 1 aromatic carbocycles. The molecule has 0 fully saturated rings. The third-order valence-electron chi connectivity index (χ3n) is 3.69. The number of aliphatic imine (C=N–C) groups is 1. The number of amidine groups is 1. The molecule has 138 valence electrons. The van der Waals surface area contributed by atoms with Crippen LogP contribution in [0.1, 0.15) is 0 Å². The van der Waals surface area contributed by atoms with Crippen molar-refractivity contribution < 1.29 is 4.74 Å². The average molecular weight is 373 g/mol. The first-order chi connectivity index (χ1) is 12.7. The summed E-state index contributed by atoms with van der Waals surface area (Å²) in [5, 5.41) is 14.2. The van der Waals surface area contributed by atoms with Crippen molar-refractivity contribution >= 4 is 34.7 Å². The van der Waals surface area contributed by atoms with E-state index >= 15 is 0 Å². The Bertz CT molecular complexity index is 802. The SMILES string of the molecule is COCCn1cc(NC2N=C(Nc3cccc(N)c3)C(SC)=CN2)cn1. The summed E-state index contributed by atoms with van der Waals surface area (Å²) in [7, 11) is 1.67. The molecule has 1 atom stereocenters. The third kappa shape index (κ3) is 4.70. The van der Waals surface area contributed by atoms with Gasteiger partial charge in [0.25, 0.3) is 0 Å². The molecule has 0 radical (unpaired) electrons. The monoisotopic (exact) mass is 373 g/mol. The Kier molecular flexibility index (Phi) is 6.03. The van der Waals surface area contributed by atoms with Crippen molar-refractivity contribution in [2.75, 3.05) is 36.3 Å². The highest BCUT2D eigenvalue weighted by Gasteiger charge is 2.17. The van der Waals surface area contributed by atoms with Crippen LogP contribution in [0.3, 0.4) is 0 Å². The van der Waals surface area contributed by atoms with Gasteiger partial charge in [-0.25, -0.2) is 4.99 Å². The van der Waals surface area contributed by atoms with Crippen molar-refractivity contribution in [2.45, 2.75) is 12.8 Å². The number of anilines is 3. The van der Waals surface area contributed by atoms with E-state index in [9.17, 15) is 0 Å². The van der Waals surface area contributed by atoms with Crippen molar-refractivity contribution in [1.29, 1.82) is 0 Å². The third-order valence-corrected chi connectivity index (χ3v) is 4.45. The molecular weight excluding hydrogens is 350 g/mol.